The summed E-state index contributed by atoms with van der Waals surface area (Å²) in [4.78, 5) is 10.6. The third kappa shape index (κ3) is 2.65. The van der Waals surface area contributed by atoms with Gasteiger partial charge in [-0.05, 0) is 32.9 Å². The van der Waals surface area contributed by atoms with Crippen LogP contribution in [-0.4, -0.2) is 46.7 Å². The Hall–Kier alpha value is -1.20. The maximum Gasteiger partial charge on any atom is 0.238 e. The van der Waals surface area contributed by atoms with E-state index >= 15 is 0 Å². The van der Waals surface area contributed by atoms with E-state index in [-0.39, 0.29) is 5.54 Å². The molecule has 0 aromatic carbocycles. The number of methoxy groups -OCH3 is 1. The molecule has 3 unspecified atom stereocenters. The average molecular weight is 279 g/mol. The first-order valence-corrected chi connectivity index (χ1v) is 7.21. The summed E-state index contributed by atoms with van der Waals surface area (Å²) in [6.45, 7) is 2.25. The Kier molecular flexibility index (Phi) is 4.60. The Balaban J connectivity index is 2.38. The smallest absolute Gasteiger partial charge is 0.238 e. The zero-order valence-corrected chi connectivity index (χ0v) is 12.8. The van der Waals surface area contributed by atoms with Crippen LogP contribution in [0.1, 0.15) is 44.4 Å². The Bertz CT molecular complexity index is 452. The minimum Gasteiger partial charge on any atom is -0.480 e. The third-order valence-electron chi connectivity index (χ3n) is 4.55. The van der Waals surface area contributed by atoms with Crippen molar-refractivity contribution >= 4 is 0 Å². The molecule has 1 aromatic heterocycles. The van der Waals surface area contributed by atoms with Crippen LogP contribution in [0.2, 0.25) is 0 Å². The summed E-state index contributed by atoms with van der Waals surface area (Å²) in [6, 6.07) is 0. The van der Waals surface area contributed by atoms with Crippen LogP contribution < -0.4 is 4.74 Å². The number of hydrogen-bond acceptors (Lipinski definition) is 5. The maximum absolute atomic E-state index is 11.0. The zero-order valence-electron chi connectivity index (χ0n) is 12.8. The zero-order chi connectivity index (χ0) is 14.8. The minimum atomic E-state index is -0.691. The first kappa shape index (κ1) is 15.2. The molecule has 1 N–H and O–H groups in total. The predicted octanol–water partition coefficient (Wildman–Crippen LogP) is 2.03. The summed E-state index contributed by atoms with van der Waals surface area (Å²) in [6.07, 6.45) is 6.77. The number of aromatic nitrogens is 2. The molecule has 0 spiro atoms. The highest BCUT2D eigenvalue weighted by Crippen LogP contribution is 2.44. The predicted molar refractivity (Wildman–Crippen MR) is 77.6 cm³/mol. The highest BCUT2D eigenvalue weighted by molar-refractivity contribution is 5.24. The summed E-state index contributed by atoms with van der Waals surface area (Å²) in [5, 5.41) is 11.0. The molecular weight excluding hydrogens is 254 g/mol. The van der Waals surface area contributed by atoms with Crippen molar-refractivity contribution in [1.29, 1.82) is 0 Å². The molecule has 1 aliphatic carbocycles. The molecule has 0 bridgehead atoms. The maximum atomic E-state index is 11.0. The summed E-state index contributed by atoms with van der Waals surface area (Å²) >= 11 is 0. The molecule has 5 heteroatoms. The van der Waals surface area contributed by atoms with Gasteiger partial charge in [-0.15, -0.1) is 0 Å². The van der Waals surface area contributed by atoms with E-state index in [0.717, 1.165) is 19.3 Å². The molecule has 1 aliphatic rings. The normalized spacial score (nSPS) is 28.4. The van der Waals surface area contributed by atoms with Gasteiger partial charge in [-0.3, -0.25) is 4.98 Å². The van der Waals surface area contributed by atoms with Crippen molar-refractivity contribution in [2.75, 3.05) is 21.2 Å². The van der Waals surface area contributed by atoms with Gasteiger partial charge in [-0.1, -0.05) is 19.8 Å². The summed E-state index contributed by atoms with van der Waals surface area (Å²) in [5.41, 5.74) is 0.249. The van der Waals surface area contributed by atoms with E-state index in [1.54, 1.807) is 19.5 Å². The van der Waals surface area contributed by atoms with Gasteiger partial charge in [0, 0.05) is 12.4 Å². The molecule has 3 atom stereocenters. The largest absolute Gasteiger partial charge is 0.480 e. The molecule has 0 aliphatic heterocycles. The van der Waals surface area contributed by atoms with E-state index < -0.39 is 6.10 Å². The monoisotopic (exact) mass is 279 g/mol. The fourth-order valence-electron chi connectivity index (χ4n) is 3.40. The van der Waals surface area contributed by atoms with Crippen molar-refractivity contribution in [3.05, 3.63) is 18.1 Å². The number of ether oxygens (including phenoxy) is 1. The van der Waals surface area contributed by atoms with Crippen LogP contribution in [-0.2, 0) is 0 Å². The Morgan fingerprint density at radius 2 is 2.10 bits per heavy atom. The number of likely N-dealkylation sites (N-methyl/N-ethyl adjacent to an activating group) is 1. The molecular formula is C15H25N3O2. The van der Waals surface area contributed by atoms with E-state index in [1.165, 1.54) is 6.42 Å². The van der Waals surface area contributed by atoms with Crippen molar-refractivity contribution in [3.8, 4) is 5.88 Å². The van der Waals surface area contributed by atoms with Gasteiger partial charge in [-0.2, -0.15) is 0 Å². The highest BCUT2D eigenvalue weighted by atomic mass is 16.5. The second kappa shape index (κ2) is 6.06. The van der Waals surface area contributed by atoms with E-state index in [9.17, 15) is 5.11 Å². The van der Waals surface area contributed by atoms with E-state index in [4.69, 9.17) is 4.74 Å². The molecule has 1 aromatic rings. The number of hydrogen-bond donors (Lipinski definition) is 1. The molecule has 1 heterocycles. The molecule has 0 radical (unpaired) electrons. The van der Waals surface area contributed by atoms with Gasteiger partial charge in [-0.25, -0.2) is 4.98 Å². The molecule has 0 amide bonds. The van der Waals surface area contributed by atoms with Crippen molar-refractivity contribution < 1.29 is 9.84 Å². The topological polar surface area (TPSA) is 58.5 Å². The number of aliphatic hydroxyl groups excluding tert-OH is 1. The van der Waals surface area contributed by atoms with Crippen LogP contribution >= 0.6 is 0 Å². The molecule has 0 saturated heterocycles. The van der Waals surface area contributed by atoms with E-state index in [0.29, 0.717) is 17.5 Å². The van der Waals surface area contributed by atoms with Gasteiger partial charge in [0.2, 0.25) is 5.88 Å². The van der Waals surface area contributed by atoms with E-state index in [2.05, 4.69) is 21.8 Å². The van der Waals surface area contributed by atoms with Crippen LogP contribution in [0.5, 0.6) is 5.88 Å². The molecule has 112 valence electrons. The Labute approximate surface area is 121 Å². The van der Waals surface area contributed by atoms with Gasteiger partial charge >= 0.3 is 0 Å². The summed E-state index contributed by atoms with van der Waals surface area (Å²) < 4.78 is 5.26. The van der Waals surface area contributed by atoms with Gasteiger partial charge in [0.05, 0.1) is 12.6 Å². The van der Waals surface area contributed by atoms with Gasteiger partial charge in [0.25, 0.3) is 0 Å². The first-order valence-electron chi connectivity index (χ1n) is 7.21. The second-order valence-corrected chi connectivity index (χ2v) is 6.05. The second-order valence-electron chi connectivity index (χ2n) is 6.05. The molecule has 20 heavy (non-hydrogen) atoms. The fraction of sp³-hybridized carbons (Fsp3) is 0.733. The SMILES string of the molecule is COc1nccnc1C(O)C1(N(C)C)CCCC(C)C1. The number of rotatable bonds is 4. The summed E-state index contributed by atoms with van der Waals surface area (Å²) in [7, 11) is 5.63. The Morgan fingerprint density at radius 3 is 2.70 bits per heavy atom. The molecule has 2 rings (SSSR count). The lowest BCUT2D eigenvalue weighted by molar-refractivity contribution is -0.0483. The van der Waals surface area contributed by atoms with Crippen LogP contribution in [0, 0.1) is 5.92 Å². The molecule has 1 fully saturated rings. The van der Waals surface area contributed by atoms with Crippen LogP contribution in [0.3, 0.4) is 0 Å². The number of nitrogens with zero attached hydrogens (tertiary/aromatic N) is 3. The quantitative estimate of drug-likeness (QED) is 0.914. The van der Waals surface area contributed by atoms with Crippen molar-refractivity contribution in [1.82, 2.24) is 14.9 Å². The fourth-order valence-corrected chi connectivity index (χ4v) is 3.40. The number of aliphatic hydroxyl groups is 1. The minimum absolute atomic E-state index is 0.291. The van der Waals surface area contributed by atoms with Crippen LogP contribution in [0.15, 0.2) is 12.4 Å². The van der Waals surface area contributed by atoms with Crippen molar-refractivity contribution in [2.45, 2.75) is 44.2 Å². The van der Waals surface area contributed by atoms with Crippen molar-refractivity contribution in [3.63, 3.8) is 0 Å². The van der Waals surface area contributed by atoms with Gasteiger partial charge < -0.3 is 14.7 Å². The lowest BCUT2D eigenvalue weighted by atomic mass is 9.71. The van der Waals surface area contributed by atoms with Gasteiger partial charge in [0.1, 0.15) is 11.8 Å². The molecule has 1 saturated carbocycles. The standard InChI is InChI=1S/C15H25N3O2/c1-11-6-5-7-15(10-11,18(2)3)13(19)12-14(20-4)17-9-8-16-12/h8-9,11,13,19H,5-7,10H2,1-4H3. The lowest BCUT2D eigenvalue weighted by Crippen LogP contribution is -2.52. The van der Waals surface area contributed by atoms with Crippen molar-refractivity contribution in [2.24, 2.45) is 5.92 Å². The van der Waals surface area contributed by atoms with Crippen LogP contribution in [0.25, 0.3) is 0 Å². The average Bonchev–Trinajstić information content (AvgIpc) is 2.46. The molecule has 5 nitrogen and oxygen atoms in total. The summed E-state index contributed by atoms with van der Waals surface area (Å²) in [5.74, 6) is 1.02. The van der Waals surface area contributed by atoms with Crippen LogP contribution in [0.4, 0.5) is 0 Å². The lowest BCUT2D eigenvalue weighted by Gasteiger charge is -2.47. The Morgan fingerprint density at radius 1 is 1.40 bits per heavy atom. The highest BCUT2D eigenvalue weighted by Gasteiger charge is 2.45. The first-order chi connectivity index (χ1) is 9.51. The third-order valence-corrected chi connectivity index (χ3v) is 4.55. The van der Waals surface area contributed by atoms with Gasteiger partial charge in [0.15, 0.2) is 0 Å². The van der Waals surface area contributed by atoms with E-state index in [1.807, 2.05) is 14.1 Å².